The molecular weight excluding hydrogens is 268 g/mol. The molecule has 116 valence electrons. The van der Waals surface area contributed by atoms with E-state index in [9.17, 15) is 9.59 Å². The minimum Gasteiger partial charge on any atom is -0.469 e. The van der Waals surface area contributed by atoms with Crippen molar-refractivity contribution in [3.05, 3.63) is 29.8 Å². The van der Waals surface area contributed by atoms with Crippen molar-refractivity contribution in [2.24, 2.45) is 5.41 Å². The molecule has 0 spiro atoms. The number of carbonyl (C=O) groups is 2. The van der Waals surface area contributed by atoms with Crippen molar-refractivity contribution in [2.75, 3.05) is 7.11 Å². The largest absolute Gasteiger partial charge is 0.469 e. The topological polar surface area (TPSA) is 52.6 Å². The van der Waals surface area contributed by atoms with E-state index < -0.39 is 5.41 Å². The van der Waals surface area contributed by atoms with Crippen LogP contribution in [0.2, 0.25) is 0 Å². The van der Waals surface area contributed by atoms with Gasteiger partial charge in [0.15, 0.2) is 0 Å². The molecule has 1 unspecified atom stereocenters. The van der Waals surface area contributed by atoms with Crippen LogP contribution in [0.4, 0.5) is 0 Å². The molecule has 1 aromatic rings. The van der Waals surface area contributed by atoms with E-state index in [0.29, 0.717) is 12.2 Å². The smallest absolute Gasteiger partial charge is 0.311 e. The highest BCUT2D eigenvalue weighted by Crippen LogP contribution is 2.35. The summed E-state index contributed by atoms with van der Waals surface area (Å²) in [5.41, 5.74) is 0.606. The van der Waals surface area contributed by atoms with Crippen LogP contribution in [0, 0.1) is 5.41 Å². The number of hydrogen-bond donors (Lipinski definition) is 0. The summed E-state index contributed by atoms with van der Waals surface area (Å²) in [6, 6.07) is 7.45. The van der Waals surface area contributed by atoms with Gasteiger partial charge in [-0.25, -0.2) is 0 Å². The maximum absolute atomic E-state index is 11.8. The third-order valence-corrected chi connectivity index (χ3v) is 3.60. The molecule has 21 heavy (non-hydrogen) atoms. The highest BCUT2D eigenvalue weighted by molar-refractivity contribution is 5.75. The van der Waals surface area contributed by atoms with Crippen LogP contribution >= 0.6 is 0 Å². The second-order valence-electron chi connectivity index (χ2n) is 5.85. The molecule has 0 amide bonds. The zero-order chi connectivity index (χ0) is 16.0. The Morgan fingerprint density at radius 3 is 2.19 bits per heavy atom. The molecule has 0 saturated carbocycles. The van der Waals surface area contributed by atoms with Gasteiger partial charge < -0.3 is 9.47 Å². The van der Waals surface area contributed by atoms with Gasteiger partial charge in [0, 0.05) is 6.92 Å². The first kappa shape index (κ1) is 17.2. The third-order valence-electron chi connectivity index (χ3n) is 3.60. The first-order valence-corrected chi connectivity index (χ1v) is 7.17. The van der Waals surface area contributed by atoms with Gasteiger partial charge in [-0.3, -0.25) is 9.59 Å². The van der Waals surface area contributed by atoms with Gasteiger partial charge in [0.2, 0.25) is 0 Å². The van der Waals surface area contributed by atoms with E-state index in [2.05, 4.69) is 6.92 Å². The van der Waals surface area contributed by atoms with Crippen molar-refractivity contribution < 1.29 is 19.1 Å². The molecule has 0 N–H and O–H groups in total. The first-order valence-electron chi connectivity index (χ1n) is 7.17. The highest BCUT2D eigenvalue weighted by atomic mass is 16.5. The van der Waals surface area contributed by atoms with Crippen molar-refractivity contribution in [2.45, 2.75) is 46.5 Å². The Morgan fingerprint density at radius 2 is 1.76 bits per heavy atom. The predicted octanol–water partition coefficient (Wildman–Crippen LogP) is 3.69. The summed E-state index contributed by atoms with van der Waals surface area (Å²) in [6.45, 7) is 7.27. The second-order valence-corrected chi connectivity index (χ2v) is 5.85. The van der Waals surface area contributed by atoms with E-state index in [0.717, 1.165) is 12.0 Å². The molecule has 0 fully saturated rings. The van der Waals surface area contributed by atoms with Crippen LogP contribution in [0.5, 0.6) is 5.75 Å². The van der Waals surface area contributed by atoms with Crippen molar-refractivity contribution in [3.63, 3.8) is 0 Å². The van der Waals surface area contributed by atoms with Gasteiger partial charge in [0.05, 0.1) is 12.5 Å². The summed E-state index contributed by atoms with van der Waals surface area (Å²) < 4.78 is 9.89. The zero-order valence-corrected chi connectivity index (χ0v) is 13.4. The fraction of sp³-hybridized carbons (Fsp3) is 0.529. The number of esters is 2. The van der Waals surface area contributed by atoms with Crippen molar-refractivity contribution in [1.29, 1.82) is 0 Å². The second kappa shape index (κ2) is 7.25. The van der Waals surface area contributed by atoms with Crippen LogP contribution in [-0.2, 0) is 14.3 Å². The molecule has 0 radical (unpaired) electrons. The average molecular weight is 292 g/mol. The average Bonchev–Trinajstić information content (AvgIpc) is 2.44. The molecule has 0 aliphatic rings. The molecule has 0 aromatic heterocycles. The summed E-state index contributed by atoms with van der Waals surface area (Å²) in [7, 11) is 1.42. The number of hydrogen-bond acceptors (Lipinski definition) is 4. The van der Waals surface area contributed by atoms with E-state index in [1.54, 1.807) is 12.1 Å². The molecule has 0 aliphatic heterocycles. The fourth-order valence-corrected chi connectivity index (χ4v) is 2.45. The maximum Gasteiger partial charge on any atom is 0.311 e. The van der Waals surface area contributed by atoms with Crippen molar-refractivity contribution >= 4 is 11.9 Å². The Kier molecular flexibility index (Phi) is 5.94. The lowest BCUT2D eigenvalue weighted by molar-refractivity contribution is -0.151. The lowest BCUT2D eigenvalue weighted by atomic mass is 9.79. The molecular formula is C17H24O4. The molecule has 1 aromatic carbocycles. The van der Waals surface area contributed by atoms with Crippen LogP contribution in [0.3, 0.4) is 0 Å². The molecule has 0 aliphatic carbocycles. The Hall–Kier alpha value is -1.84. The van der Waals surface area contributed by atoms with Gasteiger partial charge >= 0.3 is 11.9 Å². The standard InChI is InChI=1S/C17H24O4/c1-6-13(11-17(3,4)16(19)20-5)14-7-9-15(10-8-14)21-12(2)18/h7-10,13H,6,11H2,1-5H3. The van der Waals surface area contributed by atoms with Crippen molar-refractivity contribution in [1.82, 2.24) is 0 Å². The Balaban J connectivity index is 2.85. The summed E-state index contributed by atoms with van der Waals surface area (Å²) in [4.78, 5) is 22.7. The number of methoxy groups -OCH3 is 1. The SMILES string of the molecule is CCC(CC(C)(C)C(=O)OC)c1ccc(OC(C)=O)cc1. The van der Waals surface area contributed by atoms with Crippen LogP contribution in [0.25, 0.3) is 0 Å². The Bertz CT molecular complexity index is 488. The third kappa shape index (κ3) is 4.88. The minimum absolute atomic E-state index is 0.197. The van der Waals surface area contributed by atoms with E-state index in [4.69, 9.17) is 9.47 Å². The van der Waals surface area contributed by atoms with Crippen LogP contribution in [0.15, 0.2) is 24.3 Å². The molecule has 4 nitrogen and oxygen atoms in total. The molecule has 0 heterocycles. The summed E-state index contributed by atoms with van der Waals surface area (Å²) in [6.07, 6.45) is 1.64. The summed E-state index contributed by atoms with van der Waals surface area (Å²) in [5.74, 6) is 0.262. The Labute approximate surface area is 126 Å². The molecule has 1 rings (SSSR count). The maximum atomic E-state index is 11.8. The zero-order valence-electron chi connectivity index (χ0n) is 13.4. The van der Waals surface area contributed by atoms with E-state index in [-0.39, 0.29) is 17.9 Å². The summed E-state index contributed by atoms with van der Waals surface area (Å²) >= 11 is 0. The molecule has 4 heteroatoms. The molecule has 0 bridgehead atoms. The van der Waals surface area contributed by atoms with E-state index in [1.807, 2.05) is 26.0 Å². The van der Waals surface area contributed by atoms with Gasteiger partial charge in [-0.1, -0.05) is 19.1 Å². The molecule has 0 saturated heterocycles. The number of rotatable bonds is 6. The van der Waals surface area contributed by atoms with Gasteiger partial charge in [-0.15, -0.1) is 0 Å². The minimum atomic E-state index is -0.524. The number of benzene rings is 1. The van der Waals surface area contributed by atoms with Gasteiger partial charge in [-0.05, 0) is 50.3 Å². The Morgan fingerprint density at radius 1 is 1.19 bits per heavy atom. The van der Waals surface area contributed by atoms with Crippen molar-refractivity contribution in [3.8, 4) is 5.75 Å². The normalized spacial score (nSPS) is 12.6. The van der Waals surface area contributed by atoms with Crippen LogP contribution in [0.1, 0.15) is 52.0 Å². The number of carbonyl (C=O) groups excluding carboxylic acids is 2. The van der Waals surface area contributed by atoms with Gasteiger partial charge in [0.25, 0.3) is 0 Å². The predicted molar refractivity (Wildman–Crippen MR) is 81.2 cm³/mol. The highest BCUT2D eigenvalue weighted by Gasteiger charge is 2.31. The summed E-state index contributed by atoms with van der Waals surface area (Å²) in [5, 5.41) is 0. The van der Waals surface area contributed by atoms with Crippen LogP contribution < -0.4 is 4.74 Å². The lowest BCUT2D eigenvalue weighted by Gasteiger charge is -2.27. The number of ether oxygens (including phenoxy) is 2. The first-order chi connectivity index (χ1) is 9.80. The van der Waals surface area contributed by atoms with Crippen LogP contribution in [-0.4, -0.2) is 19.0 Å². The quantitative estimate of drug-likeness (QED) is 0.592. The van der Waals surface area contributed by atoms with E-state index in [1.165, 1.54) is 14.0 Å². The lowest BCUT2D eigenvalue weighted by Crippen LogP contribution is -2.27. The van der Waals surface area contributed by atoms with Gasteiger partial charge in [0.1, 0.15) is 5.75 Å². The van der Waals surface area contributed by atoms with E-state index >= 15 is 0 Å². The fourth-order valence-electron chi connectivity index (χ4n) is 2.45. The monoisotopic (exact) mass is 292 g/mol. The molecule has 1 atom stereocenters. The van der Waals surface area contributed by atoms with Gasteiger partial charge in [-0.2, -0.15) is 0 Å².